The van der Waals surface area contributed by atoms with E-state index in [1.165, 1.54) is 44.9 Å². The number of rotatable bonds is 6. The molecule has 0 aromatic heterocycles. The van der Waals surface area contributed by atoms with E-state index in [-0.39, 0.29) is 18.8 Å². The quantitative estimate of drug-likeness (QED) is 0.700. The van der Waals surface area contributed by atoms with Gasteiger partial charge in [-0.25, -0.2) is 0 Å². The van der Waals surface area contributed by atoms with E-state index in [1.807, 2.05) is 29.2 Å². The summed E-state index contributed by atoms with van der Waals surface area (Å²) in [5.74, 6) is 1.54. The van der Waals surface area contributed by atoms with Crippen LogP contribution in [0.15, 0.2) is 36.1 Å². The molecule has 1 saturated heterocycles. The predicted octanol–water partition coefficient (Wildman–Crippen LogP) is 4.92. The van der Waals surface area contributed by atoms with E-state index in [0.717, 1.165) is 43.5 Å². The molecule has 2 heterocycles. The standard InChI is InChI=1S/C26H37NO4/c28-18-20-10-12-21(13-11-20)19-30-25-17-23(22-8-4-5-9-22)16-24(31-25)26(29)27-14-6-2-1-3-7-15-27/h10-13,16,22-23,25,28H,1-9,14-15,17-19H2/t23-,25+/m0/s1. The van der Waals surface area contributed by atoms with E-state index in [2.05, 4.69) is 6.08 Å². The van der Waals surface area contributed by atoms with Crippen molar-refractivity contribution in [2.24, 2.45) is 11.8 Å². The van der Waals surface area contributed by atoms with Crippen molar-refractivity contribution in [1.82, 2.24) is 4.90 Å². The lowest BCUT2D eigenvalue weighted by Gasteiger charge is -2.34. The van der Waals surface area contributed by atoms with Crippen LogP contribution in [0.5, 0.6) is 0 Å². The van der Waals surface area contributed by atoms with Gasteiger partial charge in [-0.1, -0.05) is 56.4 Å². The molecule has 5 heteroatoms. The molecule has 2 aliphatic heterocycles. The average molecular weight is 428 g/mol. The number of hydrogen-bond acceptors (Lipinski definition) is 4. The zero-order chi connectivity index (χ0) is 21.5. The normalized spacial score (nSPS) is 25.5. The lowest BCUT2D eigenvalue weighted by molar-refractivity contribution is -0.160. The van der Waals surface area contributed by atoms with Crippen molar-refractivity contribution in [3.05, 3.63) is 47.2 Å². The number of amides is 1. The lowest BCUT2D eigenvalue weighted by atomic mass is 9.86. The van der Waals surface area contributed by atoms with Crippen LogP contribution in [0, 0.1) is 11.8 Å². The highest BCUT2D eigenvalue weighted by Gasteiger charge is 2.34. The van der Waals surface area contributed by atoms with Gasteiger partial charge in [-0.15, -0.1) is 0 Å². The molecule has 0 radical (unpaired) electrons. The van der Waals surface area contributed by atoms with Crippen LogP contribution < -0.4 is 0 Å². The van der Waals surface area contributed by atoms with E-state index in [0.29, 0.717) is 24.2 Å². The molecule has 1 aromatic rings. The third kappa shape index (κ3) is 6.11. The first-order chi connectivity index (χ1) is 15.2. The van der Waals surface area contributed by atoms with Crippen LogP contribution in [0.1, 0.15) is 75.3 Å². The van der Waals surface area contributed by atoms with Crippen molar-refractivity contribution in [3.8, 4) is 0 Å². The Kier molecular flexibility index (Phi) is 8.03. The number of allylic oxidation sites excluding steroid dienone is 1. The number of aliphatic hydroxyl groups is 1. The highest BCUT2D eigenvalue weighted by Crippen LogP contribution is 2.38. The maximum Gasteiger partial charge on any atom is 0.288 e. The summed E-state index contributed by atoms with van der Waals surface area (Å²) in [4.78, 5) is 15.3. The molecule has 31 heavy (non-hydrogen) atoms. The maximum absolute atomic E-state index is 13.3. The van der Waals surface area contributed by atoms with Gasteiger partial charge in [0, 0.05) is 19.5 Å². The van der Waals surface area contributed by atoms with Crippen LogP contribution in [-0.2, 0) is 27.5 Å². The summed E-state index contributed by atoms with van der Waals surface area (Å²) in [6.45, 7) is 2.15. The Morgan fingerprint density at radius 1 is 0.968 bits per heavy atom. The fourth-order valence-corrected chi connectivity index (χ4v) is 5.19. The van der Waals surface area contributed by atoms with Crippen LogP contribution in [-0.4, -0.2) is 35.3 Å². The molecule has 0 unspecified atom stereocenters. The van der Waals surface area contributed by atoms with Gasteiger partial charge in [0.2, 0.25) is 6.29 Å². The Hall–Kier alpha value is -1.85. The van der Waals surface area contributed by atoms with E-state index in [4.69, 9.17) is 9.47 Å². The summed E-state index contributed by atoms with van der Waals surface area (Å²) in [5, 5.41) is 9.22. The Morgan fingerprint density at radius 3 is 2.29 bits per heavy atom. The van der Waals surface area contributed by atoms with Crippen molar-refractivity contribution in [2.75, 3.05) is 13.1 Å². The SMILES string of the molecule is O=C(C1=C[C@H](C2CCCC2)C[C@H](OCc2ccc(CO)cc2)O1)N1CCCCCCC1. The predicted molar refractivity (Wildman–Crippen MR) is 120 cm³/mol. The fourth-order valence-electron chi connectivity index (χ4n) is 5.19. The molecule has 3 aliphatic rings. The minimum absolute atomic E-state index is 0.0444. The van der Waals surface area contributed by atoms with Gasteiger partial charge in [0.05, 0.1) is 13.2 Å². The Labute approximate surface area is 186 Å². The van der Waals surface area contributed by atoms with Gasteiger partial charge in [-0.05, 0) is 54.7 Å². The fraction of sp³-hybridized carbons (Fsp3) is 0.654. The monoisotopic (exact) mass is 427 g/mol. The third-order valence-corrected chi connectivity index (χ3v) is 7.09. The average Bonchev–Trinajstić information content (AvgIpc) is 3.32. The summed E-state index contributed by atoms with van der Waals surface area (Å²) in [6, 6.07) is 7.78. The molecule has 1 amide bonds. The number of aliphatic hydroxyl groups excluding tert-OH is 1. The Balaban J connectivity index is 1.43. The van der Waals surface area contributed by atoms with Crippen LogP contribution >= 0.6 is 0 Å². The maximum atomic E-state index is 13.3. The van der Waals surface area contributed by atoms with Crippen molar-refractivity contribution in [2.45, 2.75) is 83.7 Å². The summed E-state index contributed by atoms with van der Waals surface area (Å²) in [6.07, 6.45) is 13.4. The summed E-state index contributed by atoms with van der Waals surface area (Å²) in [7, 11) is 0. The number of benzene rings is 1. The number of nitrogens with zero attached hydrogens (tertiary/aromatic N) is 1. The van der Waals surface area contributed by atoms with Gasteiger partial charge in [-0.2, -0.15) is 0 Å². The number of carbonyl (C=O) groups is 1. The molecular weight excluding hydrogens is 390 g/mol. The number of ether oxygens (including phenoxy) is 2. The molecule has 170 valence electrons. The molecular formula is C26H37NO4. The van der Waals surface area contributed by atoms with Crippen molar-refractivity contribution in [3.63, 3.8) is 0 Å². The molecule has 5 nitrogen and oxygen atoms in total. The minimum Gasteiger partial charge on any atom is -0.459 e. The molecule has 1 N–H and O–H groups in total. The van der Waals surface area contributed by atoms with E-state index in [9.17, 15) is 9.90 Å². The Morgan fingerprint density at radius 2 is 1.61 bits per heavy atom. The van der Waals surface area contributed by atoms with Gasteiger partial charge in [0.25, 0.3) is 5.91 Å². The second kappa shape index (κ2) is 11.1. The molecule has 1 aromatic carbocycles. The van der Waals surface area contributed by atoms with Crippen LogP contribution in [0.2, 0.25) is 0 Å². The molecule has 4 rings (SSSR count). The molecule has 1 aliphatic carbocycles. The van der Waals surface area contributed by atoms with Gasteiger partial charge in [-0.3, -0.25) is 4.79 Å². The van der Waals surface area contributed by atoms with Gasteiger partial charge < -0.3 is 19.5 Å². The number of hydrogen-bond donors (Lipinski definition) is 1. The molecule has 2 atom stereocenters. The van der Waals surface area contributed by atoms with Gasteiger partial charge in [0.1, 0.15) is 0 Å². The lowest BCUT2D eigenvalue weighted by Crippen LogP contribution is -2.39. The zero-order valence-corrected chi connectivity index (χ0v) is 18.6. The van der Waals surface area contributed by atoms with Gasteiger partial charge >= 0.3 is 0 Å². The molecule has 1 saturated carbocycles. The highest BCUT2D eigenvalue weighted by atomic mass is 16.7. The first-order valence-corrected chi connectivity index (χ1v) is 12.2. The number of carbonyl (C=O) groups excluding carboxylic acids is 1. The molecule has 2 fully saturated rings. The van der Waals surface area contributed by atoms with Crippen molar-refractivity contribution >= 4 is 5.91 Å². The molecule has 0 spiro atoms. The van der Waals surface area contributed by atoms with E-state index < -0.39 is 0 Å². The first-order valence-electron chi connectivity index (χ1n) is 12.2. The summed E-state index contributed by atoms with van der Waals surface area (Å²) < 4.78 is 12.3. The second-order valence-corrected chi connectivity index (χ2v) is 9.37. The summed E-state index contributed by atoms with van der Waals surface area (Å²) >= 11 is 0. The minimum atomic E-state index is -0.387. The Bertz CT molecular complexity index is 730. The van der Waals surface area contributed by atoms with Crippen molar-refractivity contribution < 1.29 is 19.4 Å². The van der Waals surface area contributed by atoms with E-state index >= 15 is 0 Å². The second-order valence-electron chi connectivity index (χ2n) is 9.37. The topological polar surface area (TPSA) is 59.0 Å². The van der Waals surface area contributed by atoms with Gasteiger partial charge in [0.15, 0.2) is 5.76 Å². The third-order valence-electron chi connectivity index (χ3n) is 7.09. The van der Waals surface area contributed by atoms with Crippen LogP contribution in [0.25, 0.3) is 0 Å². The van der Waals surface area contributed by atoms with Crippen LogP contribution in [0.3, 0.4) is 0 Å². The highest BCUT2D eigenvalue weighted by molar-refractivity contribution is 5.91. The summed E-state index contributed by atoms with van der Waals surface area (Å²) in [5.41, 5.74) is 1.94. The molecule has 0 bridgehead atoms. The number of likely N-dealkylation sites (tertiary alicyclic amines) is 1. The largest absolute Gasteiger partial charge is 0.459 e. The smallest absolute Gasteiger partial charge is 0.288 e. The first kappa shape index (κ1) is 22.3. The van der Waals surface area contributed by atoms with E-state index in [1.54, 1.807) is 0 Å². The zero-order valence-electron chi connectivity index (χ0n) is 18.6. The van der Waals surface area contributed by atoms with Crippen LogP contribution in [0.4, 0.5) is 0 Å². The van der Waals surface area contributed by atoms with Crippen molar-refractivity contribution in [1.29, 1.82) is 0 Å².